The Labute approximate surface area is 168 Å². The van der Waals surface area contributed by atoms with Crippen molar-refractivity contribution in [3.8, 4) is 0 Å². The third-order valence-corrected chi connectivity index (χ3v) is 6.15. The maximum atomic E-state index is 13.1. The first-order valence-electron chi connectivity index (χ1n) is 10.5. The first kappa shape index (κ1) is 20.8. The first-order chi connectivity index (χ1) is 13.2. The molecule has 1 aromatic rings. The minimum Gasteiger partial charge on any atom is -0.357 e. The average Bonchev–Trinajstić information content (AvgIpc) is 3.05. The van der Waals surface area contributed by atoms with Crippen LogP contribution >= 0.6 is 0 Å². The summed E-state index contributed by atoms with van der Waals surface area (Å²) in [4.78, 5) is 27.8. The van der Waals surface area contributed by atoms with Crippen molar-refractivity contribution in [2.24, 2.45) is 5.41 Å². The van der Waals surface area contributed by atoms with E-state index in [9.17, 15) is 9.59 Å². The Morgan fingerprint density at radius 2 is 1.79 bits per heavy atom. The van der Waals surface area contributed by atoms with Crippen molar-refractivity contribution in [1.29, 1.82) is 0 Å². The van der Waals surface area contributed by atoms with E-state index in [1.165, 1.54) is 5.56 Å². The molecule has 2 amide bonds. The van der Waals surface area contributed by atoms with Crippen LogP contribution in [0.2, 0.25) is 0 Å². The van der Waals surface area contributed by atoms with Gasteiger partial charge in [0.2, 0.25) is 5.91 Å². The summed E-state index contributed by atoms with van der Waals surface area (Å²) >= 11 is 0. The van der Waals surface area contributed by atoms with Gasteiger partial charge in [0.15, 0.2) is 0 Å². The number of aromatic nitrogens is 2. The maximum Gasteiger partial charge on any atom is 0.342 e. The Hall–Kier alpha value is -1.89. The van der Waals surface area contributed by atoms with Crippen LogP contribution in [0.1, 0.15) is 69.3 Å². The highest BCUT2D eigenvalue weighted by atomic mass is 16.2. The Morgan fingerprint density at radius 3 is 2.39 bits per heavy atom. The maximum absolute atomic E-state index is 13.1. The first-order valence-corrected chi connectivity index (χ1v) is 10.5. The number of likely N-dealkylation sites (tertiary alicyclic amines) is 1. The molecule has 1 aromatic heterocycles. The summed E-state index contributed by atoms with van der Waals surface area (Å²) < 4.78 is 1.56. The van der Waals surface area contributed by atoms with Gasteiger partial charge in [-0.05, 0) is 69.6 Å². The van der Waals surface area contributed by atoms with Crippen LogP contribution < -0.4 is 10.6 Å². The Kier molecular flexibility index (Phi) is 6.12. The lowest BCUT2D eigenvalue weighted by atomic mass is 9.86. The molecule has 1 unspecified atom stereocenters. The molecule has 2 aliphatic rings. The van der Waals surface area contributed by atoms with Crippen molar-refractivity contribution < 1.29 is 9.59 Å². The lowest BCUT2D eigenvalue weighted by Gasteiger charge is -2.30. The molecule has 1 fully saturated rings. The van der Waals surface area contributed by atoms with Crippen LogP contribution in [-0.2, 0) is 17.6 Å². The molecule has 0 radical (unpaired) electrons. The van der Waals surface area contributed by atoms with E-state index in [1.54, 1.807) is 11.7 Å². The van der Waals surface area contributed by atoms with Gasteiger partial charge in [-0.2, -0.15) is 9.78 Å². The van der Waals surface area contributed by atoms with E-state index in [0.29, 0.717) is 5.92 Å². The summed E-state index contributed by atoms with van der Waals surface area (Å²) in [6, 6.07) is -0.902. The fraction of sp³-hybridized carbons (Fsp3) is 0.762. The number of carbonyl (C=O) groups is 2. The molecule has 1 aliphatic carbocycles. The lowest BCUT2D eigenvalue weighted by Crippen LogP contribution is -2.54. The number of hydrogen-bond acceptors (Lipinski definition) is 4. The van der Waals surface area contributed by atoms with Crippen LogP contribution in [0.3, 0.4) is 0 Å². The number of nitrogens with one attached hydrogen (secondary N) is 2. The molecule has 2 N–H and O–H groups in total. The van der Waals surface area contributed by atoms with Gasteiger partial charge in [-0.15, -0.1) is 0 Å². The van der Waals surface area contributed by atoms with Crippen molar-refractivity contribution in [2.45, 2.75) is 71.3 Å². The predicted molar refractivity (Wildman–Crippen MR) is 110 cm³/mol. The van der Waals surface area contributed by atoms with E-state index in [0.717, 1.165) is 63.0 Å². The normalized spacial score (nSPS) is 19.8. The van der Waals surface area contributed by atoms with Gasteiger partial charge in [0.05, 0.1) is 11.4 Å². The molecular weight excluding hydrogens is 354 g/mol. The highest BCUT2D eigenvalue weighted by Crippen LogP contribution is 2.34. The molecule has 28 heavy (non-hydrogen) atoms. The van der Waals surface area contributed by atoms with E-state index in [-0.39, 0.29) is 17.4 Å². The summed E-state index contributed by atoms with van der Waals surface area (Å²) in [5.74, 6) is 0.242. The largest absolute Gasteiger partial charge is 0.357 e. The number of carbonyl (C=O) groups excluding carboxylic acids is 2. The average molecular weight is 390 g/mol. The summed E-state index contributed by atoms with van der Waals surface area (Å²) in [6.45, 7) is 8.00. The Bertz CT molecular complexity index is 726. The number of likely N-dealkylation sites (N-methyl/N-ethyl adjacent to an activating group) is 1. The smallest absolute Gasteiger partial charge is 0.342 e. The molecule has 156 valence electrons. The molecule has 0 aromatic carbocycles. The third kappa shape index (κ3) is 4.24. The van der Waals surface area contributed by atoms with Crippen molar-refractivity contribution in [2.75, 3.05) is 27.2 Å². The molecule has 0 spiro atoms. The zero-order chi connectivity index (χ0) is 20.5. The fourth-order valence-corrected chi connectivity index (χ4v) is 4.41. The second-order valence-corrected chi connectivity index (χ2v) is 9.37. The SMILES string of the molecule is CNC(=O)C(NC(=O)n1nc(C2CCN(C)CC2)c2c1CCCC2)C(C)(C)C. The predicted octanol–water partition coefficient (Wildman–Crippen LogP) is 2.29. The fourth-order valence-electron chi connectivity index (χ4n) is 4.41. The van der Waals surface area contributed by atoms with Gasteiger partial charge in [0.25, 0.3) is 0 Å². The molecule has 3 rings (SSSR count). The van der Waals surface area contributed by atoms with Crippen LogP contribution in [0.15, 0.2) is 0 Å². The van der Waals surface area contributed by atoms with E-state index < -0.39 is 6.04 Å². The third-order valence-electron chi connectivity index (χ3n) is 6.15. The van der Waals surface area contributed by atoms with Gasteiger partial charge < -0.3 is 15.5 Å². The summed E-state index contributed by atoms with van der Waals surface area (Å²) in [5, 5.41) is 10.4. The van der Waals surface area contributed by atoms with E-state index in [2.05, 4.69) is 22.6 Å². The second-order valence-electron chi connectivity index (χ2n) is 9.37. The van der Waals surface area contributed by atoms with Gasteiger partial charge in [0.1, 0.15) is 6.04 Å². The molecule has 1 aliphatic heterocycles. The van der Waals surface area contributed by atoms with Crippen molar-refractivity contribution in [3.05, 3.63) is 17.0 Å². The number of nitrogens with zero attached hydrogens (tertiary/aromatic N) is 3. The molecule has 0 saturated carbocycles. The Balaban J connectivity index is 1.89. The summed E-state index contributed by atoms with van der Waals surface area (Å²) in [7, 11) is 3.75. The quantitative estimate of drug-likeness (QED) is 0.831. The molecular formula is C21H35N5O2. The van der Waals surface area contributed by atoms with Crippen LogP contribution in [0.25, 0.3) is 0 Å². The second kappa shape index (κ2) is 8.23. The Morgan fingerprint density at radius 1 is 1.14 bits per heavy atom. The zero-order valence-corrected chi connectivity index (χ0v) is 18.0. The summed E-state index contributed by atoms with van der Waals surface area (Å²) in [5.41, 5.74) is 3.05. The van der Waals surface area contributed by atoms with Crippen LogP contribution in [-0.4, -0.2) is 59.8 Å². The van der Waals surface area contributed by atoms with Crippen LogP contribution in [0.5, 0.6) is 0 Å². The zero-order valence-electron chi connectivity index (χ0n) is 18.0. The van der Waals surface area contributed by atoms with Gasteiger partial charge >= 0.3 is 6.03 Å². The molecule has 1 saturated heterocycles. The molecule has 0 bridgehead atoms. The standard InChI is InChI=1S/C21H35N5O2/c1-21(2,3)18(19(27)22-4)23-20(28)26-16-9-7-6-8-15(16)17(24-26)14-10-12-25(5)13-11-14/h14,18H,6-13H2,1-5H3,(H,22,27)(H,23,28). The highest BCUT2D eigenvalue weighted by Gasteiger charge is 2.35. The van der Waals surface area contributed by atoms with Crippen molar-refractivity contribution in [1.82, 2.24) is 25.3 Å². The van der Waals surface area contributed by atoms with E-state index in [1.807, 2.05) is 20.8 Å². The van der Waals surface area contributed by atoms with Crippen LogP contribution in [0, 0.1) is 5.41 Å². The monoisotopic (exact) mass is 389 g/mol. The number of rotatable bonds is 3. The number of amides is 2. The van der Waals surface area contributed by atoms with Gasteiger partial charge in [0, 0.05) is 13.0 Å². The topological polar surface area (TPSA) is 79.3 Å². The van der Waals surface area contributed by atoms with Gasteiger partial charge in [-0.25, -0.2) is 4.79 Å². The molecule has 7 heteroatoms. The number of hydrogen-bond donors (Lipinski definition) is 2. The lowest BCUT2D eigenvalue weighted by molar-refractivity contribution is -0.124. The molecule has 1 atom stereocenters. The van der Waals surface area contributed by atoms with Crippen molar-refractivity contribution in [3.63, 3.8) is 0 Å². The minimum absolute atomic E-state index is 0.183. The van der Waals surface area contributed by atoms with Crippen LogP contribution in [0.4, 0.5) is 4.79 Å². The van der Waals surface area contributed by atoms with E-state index >= 15 is 0 Å². The molecule has 7 nitrogen and oxygen atoms in total. The minimum atomic E-state index is -0.611. The molecule has 2 heterocycles. The van der Waals surface area contributed by atoms with Gasteiger partial charge in [-0.1, -0.05) is 20.8 Å². The highest BCUT2D eigenvalue weighted by molar-refractivity contribution is 5.88. The number of piperidine rings is 1. The van der Waals surface area contributed by atoms with Crippen molar-refractivity contribution >= 4 is 11.9 Å². The van der Waals surface area contributed by atoms with Gasteiger partial charge in [-0.3, -0.25) is 4.79 Å². The number of fused-ring (bicyclic) bond motifs is 1. The van der Waals surface area contributed by atoms with E-state index in [4.69, 9.17) is 5.10 Å². The summed E-state index contributed by atoms with van der Waals surface area (Å²) in [6.07, 6.45) is 6.29.